The van der Waals surface area contributed by atoms with Crippen LogP contribution in [0.3, 0.4) is 0 Å². The Morgan fingerprint density at radius 3 is 3.00 bits per heavy atom. The van der Waals surface area contributed by atoms with E-state index >= 15 is 0 Å². The molecule has 2 rings (SSSR count). The molecule has 2 aromatic rings. The Morgan fingerprint density at radius 1 is 1.36 bits per heavy atom. The number of aryl methyl sites for hydroxylation is 1. The molecule has 0 amide bonds. The highest BCUT2D eigenvalue weighted by Gasteiger charge is 2.00. The van der Waals surface area contributed by atoms with Crippen molar-refractivity contribution in [3.63, 3.8) is 0 Å². The molecule has 0 saturated heterocycles. The van der Waals surface area contributed by atoms with E-state index in [9.17, 15) is 0 Å². The van der Waals surface area contributed by atoms with Gasteiger partial charge in [0, 0.05) is 29.7 Å². The molecule has 0 aliphatic carbocycles. The van der Waals surface area contributed by atoms with Crippen molar-refractivity contribution < 1.29 is 0 Å². The molecule has 0 N–H and O–H groups in total. The fourth-order valence-electron chi connectivity index (χ4n) is 1.54. The lowest BCUT2D eigenvalue weighted by Gasteiger charge is -2.02. The van der Waals surface area contributed by atoms with E-state index in [-0.39, 0.29) is 0 Å². The van der Waals surface area contributed by atoms with Gasteiger partial charge in [0.1, 0.15) is 0 Å². The number of halogens is 1. The number of hydrogen-bond acceptors (Lipinski definition) is 0. The molecule has 1 heterocycles. The van der Waals surface area contributed by atoms with Crippen molar-refractivity contribution in [1.82, 2.24) is 4.57 Å². The van der Waals surface area contributed by atoms with Crippen LogP contribution in [-0.4, -0.2) is 4.57 Å². The highest BCUT2D eigenvalue weighted by Crippen LogP contribution is 2.20. The second kappa shape index (κ2) is 3.77. The van der Waals surface area contributed by atoms with Crippen molar-refractivity contribution >= 4 is 22.5 Å². The van der Waals surface area contributed by atoms with Crippen LogP contribution in [0.1, 0.15) is 6.42 Å². The Balaban J connectivity index is 2.46. The van der Waals surface area contributed by atoms with Crippen LogP contribution in [0.4, 0.5) is 0 Å². The molecule has 0 bridgehead atoms. The van der Waals surface area contributed by atoms with Gasteiger partial charge in [-0.1, -0.05) is 17.7 Å². The SMILES string of the molecule is C#CCCn1ccc2ccc(Cl)cc21. The van der Waals surface area contributed by atoms with Crippen molar-refractivity contribution in [1.29, 1.82) is 0 Å². The minimum absolute atomic E-state index is 0.746. The van der Waals surface area contributed by atoms with E-state index in [0.717, 1.165) is 23.5 Å². The number of terminal acetylenes is 1. The Bertz CT molecular complexity index is 490. The van der Waals surface area contributed by atoms with Crippen LogP contribution in [0.2, 0.25) is 5.02 Å². The zero-order valence-electron chi connectivity index (χ0n) is 7.70. The molecular weight excluding hydrogens is 194 g/mol. The molecule has 0 atom stereocenters. The lowest BCUT2D eigenvalue weighted by molar-refractivity contribution is 0.749. The van der Waals surface area contributed by atoms with Crippen LogP contribution in [0.25, 0.3) is 10.9 Å². The number of benzene rings is 1. The summed E-state index contributed by atoms with van der Waals surface area (Å²) < 4.78 is 2.13. The summed E-state index contributed by atoms with van der Waals surface area (Å²) in [6.07, 6.45) is 8.02. The van der Waals surface area contributed by atoms with Gasteiger partial charge in [0.25, 0.3) is 0 Å². The number of aromatic nitrogens is 1. The van der Waals surface area contributed by atoms with Gasteiger partial charge in [-0.25, -0.2) is 0 Å². The van der Waals surface area contributed by atoms with E-state index in [1.165, 1.54) is 5.39 Å². The predicted octanol–water partition coefficient (Wildman–Crippen LogP) is 3.32. The van der Waals surface area contributed by atoms with E-state index in [2.05, 4.69) is 16.6 Å². The normalized spacial score (nSPS) is 10.3. The Kier molecular flexibility index (Phi) is 2.47. The third-order valence-electron chi connectivity index (χ3n) is 2.23. The van der Waals surface area contributed by atoms with E-state index in [4.69, 9.17) is 18.0 Å². The average molecular weight is 204 g/mol. The first kappa shape index (κ1) is 9.18. The standard InChI is InChI=1S/C12H10ClN/c1-2-3-7-14-8-6-10-4-5-11(13)9-12(10)14/h1,4-6,8-9H,3,7H2. The molecular formula is C12H10ClN. The molecule has 2 heteroatoms. The summed E-state index contributed by atoms with van der Waals surface area (Å²) in [5.41, 5.74) is 1.15. The molecule has 0 spiro atoms. The summed E-state index contributed by atoms with van der Waals surface area (Å²) in [7, 11) is 0. The molecule has 1 aromatic heterocycles. The topological polar surface area (TPSA) is 4.93 Å². The molecule has 0 aliphatic rings. The monoisotopic (exact) mass is 203 g/mol. The van der Waals surface area contributed by atoms with Crippen molar-refractivity contribution in [2.75, 3.05) is 0 Å². The lowest BCUT2D eigenvalue weighted by atomic mass is 10.2. The van der Waals surface area contributed by atoms with Crippen LogP contribution in [0.15, 0.2) is 30.5 Å². The second-order valence-electron chi connectivity index (χ2n) is 3.17. The highest BCUT2D eigenvalue weighted by atomic mass is 35.5. The van der Waals surface area contributed by atoms with E-state index in [0.29, 0.717) is 0 Å². The summed E-state index contributed by atoms with van der Waals surface area (Å²) in [4.78, 5) is 0. The van der Waals surface area contributed by atoms with Gasteiger partial charge >= 0.3 is 0 Å². The van der Waals surface area contributed by atoms with Gasteiger partial charge in [-0.05, 0) is 23.6 Å². The quantitative estimate of drug-likeness (QED) is 0.660. The first-order chi connectivity index (χ1) is 6.81. The molecule has 0 saturated carbocycles. The van der Waals surface area contributed by atoms with Gasteiger partial charge in [-0.15, -0.1) is 12.3 Å². The zero-order valence-corrected chi connectivity index (χ0v) is 8.46. The summed E-state index contributed by atoms with van der Waals surface area (Å²) >= 11 is 5.93. The first-order valence-electron chi connectivity index (χ1n) is 4.49. The van der Waals surface area contributed by atoms with E-state index in [1.54, 1.807) is 0 Å². The van der Waals surface area contributed by atoms with Crippen molar-refractivity contribution in [2.45, 2.75) is 13.0 Å². The van der Waals surface area contributed by atoms with Crippen molar-refractivity contribution in [3.05, 3.63) is 35.5 Å². The van der Waals surface area contributed by atoms with Crippen molar-refractivity contribution in [2.24, 2.45) is 0 Å². The lowest BCUT2D eigenvalue weighted by Crippen LogP contribution is -1.94. The van der Waals surface area contributed by atoms with Crippen LogP contribution in [-0.2, 0) is 6.54 Å². The smallest absolute Gasteiger partial charge is 0.0495 e. The highest BCUT2D eigenvalue weighted by molar-refractivity contribution is 6.31. The molecule has 70 valence electrons. The minimum atomic E-state index is 0.746. The summed E-state index contributed by atoms with van der Waals surface area (Å²) in [5.74, 6) is 2.63. The zero-order chi connectivity index (χ0) is 9.97. The molecule has 0 aliphatic heterocycles. The maximum absolute atomic E-state index is 5.93. The number of rotatable bonds is 2. The molecule has 0 unspecified atom stereocenters. The minimum Gasteiger partial charge on any atom is -0.346 e. The van der Waals surface area contributed by atoms with Gasteiger partial charge in [0.05, 0.1) is 0 Å². The number of nitrogens with zero attached hydrogens (tertiary/aromatic N) is 1. The summed E-state index contributed by atoms with van der Waals surface area (Å²) in [6, 6.07) is 7.95. The summed E-state index contributed by atoms with van der Waals surface area (Å²) in [6.45, 7) is 0.848. The number of hydrogen-bond donors (Lipinski definition) is 0. The van der Waals surface area contributed by atoms with Crippen LogP contribution in [0.5, 0.6) is 0 Å². The van der Waals surface area contributed by atoms with Crippen LogP contribution < -0.4 is 0 Å². The van der Waals surface area contributed by atoms with Gasteiger partial charge < -0.3 is 4.57 Å². The third-order valence-corrected chi connectivity index (χ3v) is 2.47. The third kappa shape index (κ3) is 1.62. The Hall–Kier alpha value is -1.39. The molecule has 1 nitrogen and oxygen atoms in total. The second-order valence-corrected chi connectivity index (χ2v) is 3.60. The molecule has 0 radical (unpaired) electrons. The van der Waals surface area contributed by atoms with Crippen LogP contribution >= 0.6 is 11.6 Å². The van der Waals surface area contributed by atoms with Gasteiger partial charge in [0.15, 0.2) is 0 Å². The van der Waals surface area contributed by atoms with Gasteiger partial charge in [-0.2, -0.15) is 0 Å². The average Bonchev–Trinajstić information content (AvgIpc) is 2.57. The summed E-state index contributed by atoms with van der Waals surface area (Å²) in [5, 5.41) is 1.96. The maximum Gasteiger partial charge on any atom is 0.0495 e. The first-order valence-corrected chi connectivity index (χ1v) is 4.87. The fourth-order valence-corrected chi connectivity index (χ4v) is 1.70. The predicted molar refractivity (Wildman–Crippen MR) is 60.4 cm³/mol. The maximum atomic E-state index is 5.93. The molecule has 14 heavy (non-hydrogen) atoms. The van der Waals surface area contributed by atoms with E-state index < -0.39 is 0 Å². The largest absolute Gasteiger partial charge is 0.346 e. The van der Waals surface area contributed by atoms with Gasteiger partial charge in [0.2, 0.25) is 0 Å². The van der Waals surface area contributed by atoms with Crippen molar-refractivity contribution in [3.8, 4) is 12.3 Å². The van der Waals surface area contributed by atoms with E-state index in [1.807, 2.05) is 24.4 Å². The molecule has 0 fully saturated rings. The van der Waals surface area contributed by atoms with Gasteiger partial charge in [-0.3, -0.25) is 0 Å². The van der Waals surface area contributed by atoms with Crippen LogP contribution in [0, 0.1) is 12.3 Å². The Labute approximate surface area is 88.3 Å². The fraction of sp³-hybridized carbons (Fsp3) is 0.167. The number of fused-ring (bicyclic) bond motifs is 1. The molecule has 1 aromatic carbocycles. The Morgan fingerprint density at radius 2 is 2.21 bits per heavy atom.